The normalized spacial score (nSPS) is 10.5. The number of thiazole rings is 1. The van der Waals surface area contributed by atoms with Gasteiger partial charge in [0.05, 0.1) is 21.5 Å². The topological polar surface area (TPSA) is 33.2 Å². The molecule has 0 N–H and O–H groups in total. The Hall–Kier alpha value is -0.910. The summed E-state index contributed by atoms with van der Waals surface area (Å²) in [5, 5.41) is 0.856. The zero-order valence-corrected chi connectivity index (χ0v) is 11.8. The van der Waals surface area contributed by atoms with Gasteiger partial charge in [-0.1, -0.05) is 22.9 Å². The van der Waals surface area contributed by atoms with Crippen molar-refractivity contribution in [3.8, 4) is 0 Å². The lowest BCUT2D eigenvalue weighted by atomic mass is 10.4. The van der Waals surface area contributed by atoms with Gasteiger partial charge >= 0.3 is 0 Å². The van der Waals surface area contributed by atoms with Gasteiger partial charge in [-0.15, -0.1) is 11.3 Å². The van der Waals surface area contributed by atoms with E-state index in [1.165, 1.54) is 16.2 Å². The molecule has 0 unspecified atom stereocenters. The minimum Gasteiger partial charge on any atom is -0.346 e. The molecule has 90 valence electrons. The first-order valence-corrected chi connectivity index (χ1v) is 6.99. The van der Waals surface area contributed by atoms with E-state index in [9.17, 15) is 4.79 Å². The smallest absolute Gasteiger partial charge is 0.186 e. The molecule has 0 aliphatic rings. The number of aromatic nitrogens is 1. The fourth-order valence-corrected chi connectivity index (χ4v) is 3.39. The number of carbonyl (C=O) groups excluding carboxylic acids is 1. The standard InChI is InChI=1S/C11H11ClN2OS2/c1-7-9(6-15)17-11(13-7)14(2)5-8-3-4-10(12)16-8/h3-4,6H,5H2,1-2H3. The van der Waals surface area contributed by atoms with Crippen LogP contribution in [-0.4, -0.2) is 18.3 Å². The summed E-state index contributed by atoms with van der Waals surface area (Å²) >= 11 is 8.85. The average Bonchev–Trinajstić information content (AvgIpc) is 2.85. The lowest BCUT2D eigenvalue weighted by molar-refractivity contribution is 0.112. The maximum atomic E-state index is 10.8. The summed E-state index contributed by atoms with van der Waals surface area (Å²) in [4.78, 5) is 19.0. The molecule has 0 saturated heterocycles. The van der Waals surface area contributed by atoms with Crippen LogP contribution in [0.4, 0.5) is 5.13 Å². The molecule has 0 atom stereocenters. The van der Waals surface area contributed by atoms with Crippen molar-refractivity contribution in [2.24, 2.45) is 0 Å². The first kappa shape index (κ1) is 12.5. The van der Waals surface area contributed by atoms with Crippen LogP contribution in [0.25, 0.3) is 0 Å². The predicted molar refractivity (Wildman–Crippen MR) is 73.7 cm³/mol. The Morgan fingerprint density at radius 2 is 2.24 bits per heavy atom. The number of thiophene rings is 1. The van der Waals surface area contributed by atoms with Gasteiger partial charge in [-0.25, -0.2) is 4.98 Å². The molecule has 0 bridgehead atoms. The van der Waals surface area contributed by atoms with Gasteiger partial charge in [-0.2, -0.15) is 0 Å². The summed E-state index contributed by atoms with van der Waals surface area (Å²) in [5.41, 5.74) is 0.788. The van der Waals surface area contributed by atoms with Crippen LogP contribution >= 0.6 is 34.3 Å². The Labute approximate surface area is 113 Å². The second-order valence-corrected chi connectivity index (χ2v) is 6.43. The Balaban J connectivity index is 2.13. The fraction of sp³-hybridized carbons (Fsp3) is 0.273. The van der Waals surface area contributed by atoms with E-state index in [0.717, 1.165) is 28.0 Å². The molecular weight excluding hydrogens is 276 g/mol. The molecule has 0 saturated carbocycles. The Bertz CT molecular complexity index is 535. The molecule has 0 fully saturated rings. The summed E-state index contributed by atoms with van der Waals surface area (Å²) < 4.78 is 0.789. The number of hydrogen-bond donors (Lipinski definition) is 0. The molecule has 2 heterocycles. The second-order valence-electron chi connectivity index (χ2n) is 3.63. The summed E-state index contributed by atoms with van der Waals surface area (Å²) in [5.74, 6) is 0. The maximum absolute atomic E-state index is 10.8. The number of halogens is 1. The van der Waals surface area contributed by atoms with Crippen LogP contribution in [0.3, 0.4) is 0 Å². The maximum Gasteiger partial charge on any atom is 0.186 e. The lowest BCUT2D eigenvalue weighted by Gasteiger charge is -2.13. The van der Waals surface area contributed by atoms with Crippen LogP contribution in [0.15, 0.2) is 12.1 Å². The van der Waals surface area contributed by atoms with E-state index >= 15 is 0 Å². The largest absolute Gasteiger partial charge is 0.346 e. The van der Waals surface area contributed by atoms with Gasteiger partial charge in [0.1, 0.15) is 0 Å². The first-order valence-electron chi connectivity index (χ1n) is 4.98. The van der Waals surface area contributed by atoms with E-state index in [-0.39, 0.29) is 0 Å². The van der Waals surface area contributed by atoms with Gasteiger partial charge in [0.15, 0.2) is 11.4 Å². The van der Waals surface area contributed by atoms with Crippen molar-refractivity contribution in [3.63, 3.8) is 0 Å². The number of hydrogen-bond acceptors (Lipinski definition) is 5. The minimum atomic E-state index is 0.691. The van der Waals surface area contributed by atoms with Crippen LogP contribution in [0.5, 0.6) is 0 Å². The van der Waals surface area contributed by atoms with Gasteiger partial charge < -0.3 is 4.90 Å². The van der Waals surface area contributed by atoms with Crippen molar-refractivity contribution in [1.29, 1.82) is 0 Å². The molecule has 0 aliphatic heterocycles. The zero-order chi connectivity index (χ0) is 12.4. The molecule has 17 heavy (non-hydrogen) atoms. The zero-order valence-electron chi connectivity index (χ0n) is 9.44. The van der Waals surface area contributed by atoms with Crippen molar-refractivity contribution in [2.45, 2.75) is 13.5 Å². The summed E-state index contributed by atoms with van der Waals surface area (Å²) in [6.07, 6.45) is 0.854. The van der Waals surface area contributed by atoms with Crippen LogP contribution in [0.1, 0.15) is 20.2 Å². The van der Waals surface area contributed by atoms with Crippen molar-refractivity contribution in [2.75, 3.05) is 11.9 Å². The Morgan fingerprint density at radius 3 is 2.76 bits per heavy atom. The molecule has 2 aromatic rings. The molecule has 0 aliphatic carbocycles. The number of carbonyl (C=O) groups is 1. The summed E-state index contributed by atoms with van der Waals surface area (Å²) in [7, 11) is 1.96. The number of aldehydes is 1. The highest BCUT2D eigenvalue weighted by atomic mass is 35.5. The highest BCUT2D eigenvalue weighted by Crippen LogP contribution is 2.27. The van der Waals surface area contributed by atoms with E-state index in [1.807, 2.05) is 31.0 Å². The highest BCUT2D eigenvalue weighted by Gasteiger charge is 2.11. The van der Waals surface area contributed by atoms with Gasteiger partial charge in [0, 0.05) is 11.9 Å². The SMILES string of the molecule is Cc1nc(N(C)Cc2ccc(Cl)s2)sc1C=O. The van der Waals surface area contributed by atoms with E-state index in [0.29, 0.717) is 4.88 Å². The van der Waals surface area contributed by atoms with E-state index in [4.69, 9.17) is 11.6 Å². The molecule has 0 aromatic carbocycles. The van der Waals surface area contributed by atoms with E-state index in [2.05, 4.69) is 4.98 Å². The monoisotopic (exact) mass is 286 g/mol. The molecule has 0 radical (unpaired) electrons. The van der Waals surface area contributed by atoms with Crippen molar-refractivity contribution >= 4 is 45.7 Å². The minimum absolute atomic E-state index is 0.691. The number of rotatable bonds is 4. The van der Waals surface area contributed by atoms with E-state index < -0.39 is 0 Å². The first-order chi connectivity index (χ1) is 8.10. The van der Waals surface area contributed by atoms with E-state index in [1.54, 1.807) is 11.3 Å². The summed E-state index contributed by atoms with van der Waals surface area (Å²) in [6, 6.07) is 3.89. The molecule has 2 aromatic heterocycles. The molecule has 2 rings (SSSR count). The lowest BCUT2D eigenvalue weighted by Crippen LogP contribution is -2.15. The predicted octanol–water partition coefficient (Wildman–Crippen LogP) is 3.62. The van der Waals surface area contributed by atoms with Crippen LogP contribution in [0, 0.1) is 6.92 Å². The average molecular weight is 287 g/mol. The number of aryl methyl sites for hydroxylation is 1. The van der Waals surface area contributed by atoms with Crippen molar-refractivity contribution in [1.82, 2.24) is 4.98 Å². The Morgan fingerprint density at radius 1 is 1.47 bits per heavy atom. The van der Waals surface area contributed by atoms with Crippen LogP contribution < -0.4 is 4.90 Å². The van der Waals surface area contributed by atoms with Crippen molar-refractivity contribution in [3.05, 3.63) is 31.9 Å². The molecule has 3 nitrogen and oxygen atoms in total. The van der Waals surface area contributed by atoms with Crippen LogP contribution in [-0.2, 0) is 6.54 Å². The fourth-order valence-electron chi connectivity index (χ4n) is 1.40. The van der Waals surface area contributed by atoms with Gasteiger partial charge in [-0.3, -0.25) is 4.79 Å². The molecule has 6 heteroatoms. The van der Waals surface area contributed by atoms with Crippen molar-refractivity contribution < 1.29 is 4.79 Å². The molecule has 0 amide bonds. The van der Waals surface area contributed by atoms with Gasteiger partial charge in [0.25, 0.3) is 0 Å². The quantitative estimate of drug-likeness (QED) is 0.805. The summed E-state index contributed by atoms with van der Waals surface area (Å²) in [6.45, 7) is 2.60. The molecular formula is C11H11ClN2OS2. The highest BCUT2D eigenvalue weighted by molar-refractivity contribution is 7.17. The van der Waals surface area contributed by atoms with Crippen LogP contribution in [0.2, 0.25) is 4.34 Å². The third kappa shape index (κ3) is 2.86. The Kier molecular flexibility index (Phi) is 3.81. The molecule has 0 spiro atoms. The third-order valence-electron chi connectivity index (χ3n) is 2.28. The van der Waals surface area contributed by atoms with Gasteiger partial charge in [0.2, 0.25) is 0 Å². The second kappa shape index (κ2) is 5.16. The number of nitrogens with zero attached hydrogens (tertiary/aromatic N) is 2. The number of anilines is 1. The third-order valence-corrected chi connectivity index (χ3v) is 4.69. The van der Waals surface area contributed by atoms with Gasteiger partial charge in [-0.05, 0) is 19.1 Å².